The van der Waals surface area contributed by atoms with Crippen LogP contribution < -0.4 is 14.8 Å². The van der Waals surface area contributed by atoms with Crippen molar-refractivity contribution in [2.45, 2.75) is 25.0 Å². The lowest BCUT2D eigenvalue weighted by Crippen LogP contribution is -2.33. The molecule has 1 aromatic carbocycles. The first-order chi connectivity index (χ1) is 10.1. The van der Waals surface area contributed by atoms with E-state index in [-0.39, 0.29) is 24.5 Å². The van der Waals surface area contributed by atoms with Gasteiger partial charge in [-0.25, -0.2) is 0 Å². The highest BCUT2D eigenvalue weighted by Crippen LogP contribution is 2.28. The molecular formula is C15H21NO5. The fraction of sp³-hybridized carbons (Fsp3) is 0.533. The molecule has 0 heterocycles. The van der Waals surface area contributed by atoms with Crippen LogP contribution >= 0.6 is 0 Å². The number of methoxy groups -OCH3 is 2. The molecule has 1 amide bonds. The number of hydrogen-bond acceptors (Lipinski definition) is 5. The first-order valence-electron chi connectivity index (χ1n) is 6.90. The van der Waals surface area contributed by atoms with E-state index < -0.39 is 6.10 Å². The Morgan fingerprint density at radius 1 is 1.33 bits per heavy atom. The van der Waals surface area contributed by atoms with Gasteiger partial charge in [0.25, 0.3) is 5.91 Å². The molecule has 6 heteroatoms. The molecule has 1 aliphatic carbocycles. The maximum absolute atomic E-state index is 12.3. The number of aliphatic hydroxyl groups is 2. The Labute approximate surface area is 123 Å². The van der Waals surface area contributed by atoms with Crippen molar-refractivity contribution in [3.63, 3.8) is 0 Å². The van der Waals surface area contributed by atoms with Crippen LogP contribution in [0.5, 0.6) is 11.5 Å². The molecule has 21 heavy (non-hydrogen) atoms. The maximum atomic E-state index is 12.3. The number of carbonyl (C=O) groups is 1. The highest BCUT2D eigenvalue weighted by molar-refractivity contribution is 5.97. The summed E-state index contributed by atoms with van der Waals surface area (Å²) in [5.41, 5.74) is 0.417. The minimum absolute atomic E-state index is 0.0700. The van der Waals surface area contributed by atoms with E-state index in [0.717, 1.165) is 0 Å². The van der Waals surface area contributed by atoms with E-state index in [4.69, 9.17) is 14.6 Å². The van der Waals surface area contributed by atoms with E-state index in [1.165, 1.54) is 7.11 Å². The highest BCUT2D eigenvalue weighted by Gasteiger charge is 2.33. The summed E-state index contributed by atoms with van der Waals surface area (Å²) >= 11 is 0. The molecule has 1 aliphatic rings. The summed E-state index contributed by atoms with van der Waals surface area (Å²) in [7, 11) is 3.04. The molecule has 3 N–H and O–H groups in total. The van der Waals surface area contributed by atoms with Crippen molar-refractivity contribution in [1.82, 2.24) is 5.32 Å². The van der Waals surface area contributed by atoms with Crippen molar-refractivity contribution < 1.29 is 24.5 Å². The number of rotatable bonds is 5. The first kappa shape index (κ1) is 15.6. The molecule has 0 saturated heterocycles. The minimum atomic E-state index is -0.571. The molecule has 0 bridgehead atoms. The van der Waals surface area contributed by atoms with E-state index in [2.05, 4.69) is 5.32 Å². The molecule has 2 rings (SSSR count). The standard InChI is InChI=1S/C15H21NO5/c1-20-11-3-4-12(14(7-11)21-2)15(19)16-10-5-9(8-17)13(18)6-10/h3-4,7,9-10,13,17-18H,5-6,8H2,1-2H3,(H,16,19)/t9-,10+,13-/m1/s1. The molecule has 0 aromatic heterocycles. The number of hydrogen-bond donors (Lipinski definition) is 3. The van der Waals surface area contributed by atoms with Crippen molar-refractivity contribution >= 4 is 5.91 Å². The van der Waals surface area contributed by atoms with E-state index >= 15 is 0 Å². The third-order valence-corrected chi connectivity index (χ3v) is 3.88. The molecule has 0 aliphatic heterocycles. The van der Waals surface area contributed by atoms with E-state index in [0.29, 0.717) is 29.9 Å². The monoisotopic (exact) mass is 295 g/mol. The molecule has 3 atom stereocenters. The van der Waals surface area contributed by atoms with Crippen molar-refractivity contribution in [1.29, 1.82) is 0 Å². The fourth-order valence-corrected chi connectivity index (χ4v) is 2.67. The van der Waals surface area contributed by atoms with Gasteiger partial charge in [-0.1, -0.05) is 0 Å². The van der Waals surface area contributed by atoms with Crippen LogP contribution in [-0.4, -0.2) is 49.1 Å². The fourth-order valence-electron chi connectivity index (χ4n) is 2.67. The molecule has 1 aromatic rings. The molecule has 0 radical (unpaired) electrons. The summed E-state index contributed by atoms with van der Waals surface area (Å²) in [5, 5.41) is 21.8. The van der Waals surface area contributed by atoms with E-state index in [1.54, 1.807) is 25.3 Å². The average Bonchev–Trinajstić information content (AvgIpc) is 2.85. The second-order valence-electron chi connectivity index (χ2n) is 5.22. The lowest BCUT2D eigenvalue weighted by Gasteiger charge is -2.15. The third-order valence-electron chi connectivity index (χ3n) is 3.88. The molecular weight excluding hydrogens is 274 g/mol. The molecule has 1 fully saturated rings. The van der Waals surface area contributed by atoms with Gasteiger partial charge in [-0.3, -0.25) is 4.79 Å². The molecule has 116 valence electrons. The van der Waals surface area contributed by atoms with Gasteiger partial charge in [0, 0.05) is 24.6 Å². The molecule has 0 spiro atoms. The van der Waals surface area contributed by atoms with Crippen LogP contribution in [0.15, 0.2) is 18.2 Å². The normalized spacial score (nSPS) is 24.7. The average molecular weight is 295 g/mol. The third kappa shape index (κ3) is 3.46. The predicted molar refractivity (Wildman–Crippen MR) is 76.6 cm³/mol. The first-order valence-corrected chi connectivity index (χ1v) is 6.90. The van der Waals surface area contributed by atoms with Gasteiger partial charge in [0.1, 0.15) is 11.5 Å². The summed E-state index contributed by atoms with van der Waals surface area (Å²) < 4.78 is 10.3. The lowest BCUT2D eigenvalue weighted by molar-refractivity contribution is 0.0903. The van der Waals surface area contributed by atoms with Crippen molar-refractivity contribution in [3.05, 3.63) is 23.8 Å². The number of ether oxygens (including phenoxy) is 2. The zero-order chi connectivity index (χ0) is 15.4. The van der Waals surface area contributed by atoms with Crippen LogP contribution in [-0.2, 0) is 0 Å². The second-order valence-corrected chi connectivity index (χ2v) is 5.22. The Hall–Kier alpha value is -1.79. The number of carbonyl (C=O) groups excluding carboxylic acids is 1. The van der Waals surface area contributed by atoms with Crippen LogP contribution in [0.2, 0.25) is 0 Å². The van der Waals surface area contributed by atoms with Crippen molar-refractivity contribution in [3.8, 4) is 11.5 Å². The van der Waals surface area contributed by atoms with E-state index in [1.807, 2.05) is 0 Å². The quantitative estimate of drug-likeness (QED) is 0.739. The van der Waals surface area contributed by atoms with Gasteiger partial charge < -0.3 is 25.0 Å². The predicted octanol–water partition coefficient (Wildman–Crippen LogP) is 0.565. The number of benzene rings is 1. The lowest BCUT2D eigenvalue weighted by atomic mass is 10.1. The van der Waals surface area contributed by atoms with Crippen LogP contribution in [0.25, 0.3) is 0 Å². The van der Waals surface area contributed by atoms with Gasteiger partial charge in [0.15, 0.2) is 0 Å². The summed E-state index contributed by atoms with van der Waals surface area (Å²) in [4.78, 5) is 12.3. The van der Waals surface area contributed by atoms with Crippen LogP contribution in [0.1, 0.15) is 23.2 Å². The second kappa shape index (κ2) is 6.78. The zero-order valence-corrected chi connectivity index (χ0v) is 12.2. The van der Waals surface area contributed by atoms with Crippen LogP contribution in [0.4, 0.5) is 0 Å². The molecule has 6 nitrogen and oxygen atoms in total. The minimum Gasteiger partial charge on any atom is -0.497 e. The van der Waals surface area contributed by atoms with Crippen LogP contribution in [0.3, 0.4) is 0 Å². The Kier molecular flexibility index (Phi) is 5.03. The maximum Gasteiger partial charge on any atom is 0.255 e. The van der Waals surface area contributed by atoms with Crippen molar-refractivity contribution in [2.75, 3.05) is 20.8 Å². The van der Waals surface area contributed by atoms with Gasteiger partial charge in [-0.05, 0) is 25.0 Å². The SMILES string of the molecule is COc1ccc(C(=O)N[C@H]2C[C@H](CO)[C@H](O)C2)c(OC)c1. The topological polar surface area (TPSA) is 88.0 Å². The van der Waals surface area contributed by atoms with Gasteiger partial charge in [0.2, 0.25) is 0 Å². The van der Waals surface area contributed by atoms with Gasteiger partial charge in [0.05, 0.1) is 25.9 Å². The Balaban J connectivity index is 2.07. The summed E-state index contributed by atoms with van der Waals surface area (Å²) in [6.07, 6.45) is 0.454. The van der Waals surface area contributed by atoms with Gasteiger partial charge >= 0.3 is 0 Å². The highest BCUT2D eigenvalue weighted by atomic mass is 16.5. The zero-order valence-electron chi connectivity index (χ0n) is 12.2. The molecule has 1 saturated carbocycles. The number of aliphatic hydroxyl groups excluding tert-OH is 2. The smallest absolute Gasteiger partial charge is 0.255 e. The Bertz CT molecular complexity index is 505. The largest absolute Gasteiger partial charge is 0.497 e. The van der Waals surface area contributed by atoms with Crippen LogP contribution in [0, 0.1) is 5.92 Å². The van der Waals surface area contributed by atoms with E-state index in [9.17, 15) is 9.90 Å². The Morgan fingerprint density at radius 2 is 2.10 bits per heavy atom. The molecule has 0 unspecified atom stereocenters. The summed E-state index contributed by atoms with van der Waals surface area (Å²) in [6, 6.07) is 4.84. The summed E-state index contributed by atoms with van der Waals surface area (Å²) in [5.74, 6) is 0.613. The van der Waals surface area contributed by atoms with Gasteiger partial charge in [-0.2, -0.15) is 0 Å². The summed E-state index contributed by atoms with van der Waals surface area (Å²) in [6.45, 7) is -0.0700. The van der Waals surface area contributed by atoms with Crippen molar-refractivity contribution in [2.24, 2.45) is 5.92 Å². The number of amides is 1. The Morgan fingerprint density at radius 3 is 2.67 bits per heavy atom. The van der Waals surface area contributed by atoms with Gasteiger partial charge in [-0.15, -0.1) is 0 Å². The number of nitrogens with one attached hydrogen (secondary N) is 1.